The molecule has 1 fully saturated rings. The van der Waals surface area contributed by atoms with Gasteiger partial charge in [-0.15, -0.1) is 11.3 Å². The second kappa shape index (κ2) is 7.05. The summed E-state index contributed by atoms with van der Waals surface area (Å²) in [6, 6.07) is 1.92. The molecule has 0 aliphatic carbocycles. The summed E-state index contributed by atoms with van der Waals surface area (Å²) < 4.78 is 1.54. The number of nitrogens with zero attached hydrogens (tertiary/aromatic N) is 3. The number of rotatable bonds is 4. The van der Waals surface area contributed by atoms with Crippen LogP contribution >= 0.6 is 23.1 Å². The van der Waals surface area contributed by atoms with Crippen molar-refractivity contribution in [2.24, 2.45) is 0 Å². The second-order valence-electron chi connectivity index (χ2n) is 5.72. The molecule has 0 bridgehead atoms. The fourth-order valence-electron chi connectivity index (χ4n) is 2.90. The molecule has 124 valence electrons. The van der Waals surface area contributed by atoms with Gasteiger partial charge >= 0.3 is 0 Å². The van der Waals surface area contributed by atoms with E-state index in [9.17, 15) is 9.59 Å². The number of fused-ring (bicyclic) bond motifs is 1. The highest BCUT2D eigenvalue weighted by atomic mass is 32.2. The van der Waals surface area contributed by atoms with Crippen LogP contribution in [0.2, 0.25) is 0 Å². The van der Waals surface area contributed by atoms with Gasteiger partial charge in [0.05, 0.1) is 5.39 Å². The Hall–Kier alpha value is -1.34. The number of aryl methyl sites for hydroxylation is 1. The summed E-state index contributed by atoms with van der Waals surface area (Å²) in [6.07, 6.45) is 6.07. The van der Waals surface area contributed by atoms with E-state index in [0.29, 0.717) is 10.5 Å². The van der Waals surface area contributed by atoms with Crippen LogP contribution in [0.4, 0.5) is 0 Å². The molecule has 7 heteroatoms. The standard InChI is InChI=1S/C16H21N3O2S2/c1-3-11-9-12-14(23-11)17-16(22-2)19(15(12)21)10-13(20)18-7-5-4-6-8-18/h9H,3-8,10H2,1-2H3. The maximum atomic E-state index is 12.8. The number of carbonyl (C=O) groups excluding carboxylic acids is 1. The van der Waals surface area contributed by atoms with E-state index in [0.717, 1.165) is 42.1 Å². The van der Waals surface area contributed by atoms with Crippen LogP contribution in [0.3, 0.4) is 0 Å². The maximum absolute atomic E-state index is 12.8. The van der Waals surface area contributed by atoms with Crippen LogP contribution in [0.5, 0.6) is 0 Å². The number of thiophene rings is 1. The predicted molar refractivity (Wildman–Crippen MR) is 95.5 cm³/mol. The Morgan fingerprint density at radius 3 is 2.74 bits per heavy atom. The highest BCUT2D eigenvalue weighted by molar-refractivity contribution is 7.98. The second-order valence-corrected chi connectivity index (χ2v) is 7.60. The fraction of sp³-hybridized carbons (Fsp3) is 0.562. The van der Waals surface area contributed by atoms with E-state index in [1.54, 1.807) is 11.3 Å². The summed E-state index contributed by atoms with van der Waals surface area (Å²) >= 11 is 2.98. The molecule has 1 amide bonds. The van der Waals surface area contributed by atoms with E-state index in [4.69, 9.17) is 0 Å². The first kappa shape index (κ1) is 16.5. The van der Waals surface area contributed by atoms with Crippen LogP contribution in [-0.2, 0) is 17.8 Å². The zero-order chi connectivity index (χ0) is 16.4. The number of likely N-dealkylation sites (tertiary alicyclic amines) is 1. The van der Waals surface area contributed by atoms with Gasteiger partial charge in [0.25, 0.3) is 5.56 Å². The first-order chi connectivity index (χ1) is 11.1. The van der Waals surface area contributed by atoms with Gasteiger partial charge in [0.1, 0.15) is 11.4 Å². The Balaban J connectivity index is 1.96. The van der Waals surface area contributed by atoms with Gasteiger partial charge in [-0.1, -0.05) is 18.7 Å². The highest BCUT2D eigenvalue weighted by Gasteiger charge is 2.20. The largest absolute Gasteiger partial charge is 0.341 e. The Labute approximate surface area is 143 Å². The zero-order valence-corrected chi connectivity index (χ0v) is 15.1. The van der Waals surface area contributed by atoms with Gasteiger partial charge in [-0.3, -0.25) is 14.2 Å². The van der Waals surface area contributed by atoms with Crippen molar-refractivity contribution < 1.29 is 4.79 Å². The average Bonchev–Trinajstić information content (AvgIpc) is 3.01. The normalized spacial score (nSPS) is 15.3. The number of amides is 1. The molecule has 3 rings (SSSR count). The first-order valence-corrected chi connectivity index (χ1v) is 10.0. The lowest BCUT2D eigenvalue weighted by Gasteiger charge is -2.27. The molecule has 0 atom stereocenters. The van der Waals surface area contributed by atoms with E-state index in [-0.39, 0.29) is 18.0 Å². The molecular formula is C16H21N3O2S2. The summed E-state index contributed by atoms with van der Waals surface area (Å²) in [5, 5.41) is 1.26. The molecule has 0 aromatic carbocycles. The third-order valence-corrected chi connectivity index (χ3v) is 6.05. The van der Waals surface area contributed by atoms with E-state index in [1.165, 1.54) is 22.7 Å². The Bertz CT molecular complexity index is 775. The lowest BCUT2D eigenvalue weighted by atomic mass is 10.1. The first-order valence-electron chi connectivity index (χ1n) is 7.99. The van der Waals surface area contributed by atoms with E-state index < -0.39 is 0 Å². The van der Waals surface area contributed by atoms with Gasteiger partial charge in [-0.25, -0.2) is 4.98 Å². The molecule has 5 nitrogen and oxygen atoms in total. The van der Waals surface area contributed by atoms with Crippen molar-refractivity contribution in [3.63, 3.8) is 0 Å². The van der Waals surface area contributed by atoms with Gasteiger partial charge in [0, 0.05) is 18.0 Å². The lowest BCUT2D eigenvalue weighted by Crippen LogP contribution is -2.40. The number of hydrogen-bond donors (Lipinski definition) is 0. The zero-order valence-electron chi connectivity index (χ0n) is 13.5. The fourth-order valence-corrected chi connectivity index (χ4v) is 4.46. The number of thioether (sulfide) groups is 1. The summed E-state index contributed by atoms with van der Waals surface area (Å²) in [7, 11) is 0. The van der Waals surface area contributed by atoms with E-state index in [1.807, 2.05) is 17.2 Å². The predicted octanol–water partition coefficient (Wildman–Crippen LogP) is 2.75. The SMILES string of the molecule is CCc1cc2c(=O)n(CC(=O)N3CCCCC3)c(SC)nc2s1. The molecule has 0 saturated carbocycles. The van der Waals surface area contributed by atoms with Crippen molar-refractivity contribution in [1.29, 1.82) is 0 Å². The molecule has 23 heavy (non-hydrogen) atoms. The van der Waals surface area contributed by atoms with Crippen LogP contribution in [0.1, 0.15) is 31.1 Å². The number of hydrogen-bond acceptors (Lipinski definition) is 5. The topological polar surface area (TPSA) is 55.2 Å². The minimum Gasteiger partial charge on any atom is -0.341 e. The number of aromatic nitrogens is 2. The number of carbonyl (C=O) groups is 1. The Kier molecular flexibility index (Phi) is 5.06. The molecule has 1 aliphatic rings. The summed E-state index contributed by atoms with van der Waals surface area (Å²) in [5.41, 5.74) is -0.0966. The van der Waals surface area contributed by atoms with Crippen LogP contribution in [0.25, 0.3) is 10.2 Å². The van der Waals surface area contributed by atoms with Gasteiger partial charge in [0.2, 0.25) is 5.91 Å². The van der Waals surface area contributed by atoms with Gasteiger partial charge in [-0.05, 0) is 38.0 Å². The van der Waals surface area contributed by atoms with Crippen LogP contribution < -0.4 is 5.56 Å². The van der Waals surface area contributed by atoms with Crippen molar-refractivity contribution >= 4 is 39.2 Å². The van der Waals surface area contributed by atoms with Crippen molar-refractivity contribution in [2.75, 3.05) is 19.3 Å². The Morgan fingerprint density at radius 1 is 1.35 bits per heavy atom. The third-order valence-electron chi connectivity index (χ3n) is 4.20. The summed E-state index contributed by atoms with van der Waals surface area (Å²) in [5.74, 6) is 0.0224. The highest BCUT2D eigenvalue weighted by Crippen LogP contribution is 2.24. The molecule has 1 aliphatic heterocycles. The van der Waals surface area contributed by atoms with Crippen LogP contribution in [0, 0.1) is 0 Å². The van der Waals surface area contributed by atoms with Crippen molar-refractivity contribution in [3.05, 3.63) is 21.3 Å². The van der Waals surface area contributed by atoms with Crippen molar-refractivity contribution in [3.8, 4) is 0 Å². The summed E-state index contributed by atoms with van der Waals surface area (Å²) in [4.78, 5) is 33.7. The average molecular weight is 351 g/mol. The van der Waals surface area contributed by atoms with Crippen LogP contribution in [-0.4, -0.2) is 39.7 Å². The smallest absolute Gasteiger partial charge is 0.263 e. The maximum Gasteiger partial charge on any atom is 0.263 e. The lowest BCUT2D eigenvalue weighted by molar-refractivity contribution is -0.132. The van der Waals surface area contributed by atoms with Crippen LogP contribution in [0.15, 0.2) is 16.0 Å². The van der Waals surface area contributed by atoms with Gasteiger partial charge in [-0.2, -0.15) is 0 Å². The monoisotopic (exact) mass is 351 g/mol. The molecule has 2 aromatic rings. The number of piperidine rings is 1. The van der Waals surface area contributed by atoms with E-state index in [2.05, 4.69) is 11.9 Å². The molecule has 0 radical (unpaired) electrons. The molecule has 0 N–H and O–H groups in total. The summed E-state index contributed by atoms with van der Waals surface area (Å²) in [6.45, 7) is 3.76. The molecule has 2 aromatic heterocycles. The molecule has 3 heterocycles. The van der Waals surface area contributed by atoms with Crippen molar-refractivity contribution in [2.45, 2.75) is 44.3 Å². The van der Waals surface area contributed by atoms with Crippen molar-refractivity contribution in [1.82, 2.24) is 14.5 Å². The quantitative estimate of drug-likeness (QED) is 0.628. The minimum absolute atomic E-state index is 0.0224. The van der Waals surface area contributed by atoms with Gasteiger partial charge < -0.3 is 4.90 Å². The third kappa shape index (κ3) is 3.30. The minimum atomic E-state index is -0.0966. The molecule has 1 saturated heterocycles. The van der Waals surface area contributed by atoms with Gasteiger partial charge in [0.15, 0.2) is 5.16 Å². The molecule has 0 spiro atoms. The molecular weight excluding hydrogens is 330 g/mol. The van der Waals surface area contributed by atoms with E-state index >= 15 is 0 Å². The molecule has 0 unspecified atom stereocenters. The Morgan fingerprint density at radius 2 is 2.09 bits per heavy atom.